The molecule has 2 rings (SSSR count). The van der Waals surface area contributed by atoms with Crippen molar-refractivity contribution in [2.75, 3.05) is 43.4 Å². The molecule has 0 aliphatic carbocycles. The lowest BCUT2D eigenvalue weighted by molar-refractivity contribution is -0.192. The van der Waals surface area contributed by atoms with E-state index in [4.69, 9.17) is 9.90 Å². The Hall–Kier alpha value is -2.82. The fourth-order valence-corrected chi connectivity index (χ4v) is 2.63. The molecule has 8 nitrogen and oxygen atoms in total. The first-order chi connectivity index (χ1) is 14.1. The van der Waals surface area contributed by atoms with E-state index < -0.39 is 23.5 Å². The summed E-state index contributed by atoms with van der Waals surface area (Å²) in [6.07, 6.45) is -4.04. The van der Waals surface area contributed by atoms with E-state index in [0.717, 1.165) is 38.3 Å². The zero-order chi connectivity index (χ0) is 24.0. The molecule has 1 heterocycles. The summed E-state index contributed by atoms with van der Waals surface area (Å²) in [6, 6.07) is 5.24. The number of carbonyl (C=O) groups is 3. The van der Waals surface area contributed by atoms with E-state index in [1.807, 2.05) is 6.07 Å². The summed E-state index contributed by atoms with van der Waals surface area (Å²) in [4.78, 5) is 37.2. The maximum absolute atomic E-state index is 12.2. The molecular formula is C20H28F3N3O5. The number of nitrogens with one attached hydrogen (secondary N) is 1. The SMILES string of the molecule is CN1CCCN(c2ccc(NC(=O)C(C)(C)C)c(C(=O)O)c2)CC1.O=C(O)C(F)(F)F. The van der Waals surface area contributed by atoms with Gasteiger partial charge < -0.3 is 25.3 Å². The topological polar surface area (TPSA) is 110 Å². The number of carbonyl (C=O) groups excluding carboxylic acids is 1. The molecule has 1 amide bonds. The van der Waals surface area contributed by atoms with Crippen LogP contribution < -0.4 is 10.2 Å². The van der Waals surface area contributed by atoms with Crippen molar-refractivity contribution in [3.63, 3.8) is 0 Å². The van der Waals surface area contributed by atoms with Crippen molar-refractivity contribution in [3.05, 3.63) is 23.8 Å². The fraction of sp³-hybridized carbons (Fsp3) is 0.550. The summed E-state index contributed by atoms with van der Waals surface area (Å²) >= 11 is 0. The summed E-state index contributed by atoms with van der Waals surface area (Å²) in [5.74, 6) is -3.99. The van der Waals surface area contributed by atoms with E-state index in [1.165, 1.54) is 0 Å². The van der Waals surface area contributed by atoms with E-state index in [-0.39, 0.29) is 11.5 Å². The van der Waals surface area contributed by atoms with Crippen LogP contribution in [0.1, 0.15) is 37.6 Å². The van der Waals surface area contributed by atoms with Crippen LogP contribution in [0.25, 0.3) is 0 Å². The predicted molar refractivity (Wildman–Crippen MR) is 110 cm³/mol. The largest absolute Gasteiger partial charge is 0.490 e. The molecule has 0 aromatic heterocycles. The molecule has 1 saturated heterocycles. The van der Waals surface area contributed by atoms with Crippen molar-refractivity contribution < 1.29 is 37.8 Å². The van der Waals surface area contributed by atoms with Crippen molar-refractivity contribution in [2.24, 2.45) is 5.41 Å². The lowest BCUT2D eigenvalue weighted by Gasteiger charge is -2.24. The third kappa shape index (κ3) is 8.44. The summed E-state index contributed by atoms with van der Waals surface area (Å²) in [6.45, 7) is 9.15. The number of alkyl halides is 3. The van der Waals surface area contributed by atoms with Crippen molar-refractivity contribution in [2.45, 2.75) is 33.4 Å². The highest BCUT2D eigenvalue weighted by Gasteiger charge is 2.38. The smallest absolute Gasteiger partial charge is 0.478 e. The Kier molecular flexibility index (Phi) is 8.85. The van der Waals surface area contributed by atoms with Gasteiger partial charge in [-0.2, -0.15) is 13.2 Å². The quantitative estimate of drug-likeness (QED) is 0.653. The normalized spacial score (nSPS) is 15.4. The maximum atomic E-state index is 12.2. The first kappa shape index (κ1) is 26.2. The standard InChI is InChI=1S/C18H27N3O3.C2HF3O2/c1-18(2,3)17(24)19-15-7-6-13(12-14(15)16(22)23)21-9-5-8-20(4)10-11-21;3-2(4,5)1(6)7/h6-7,12H,5,8-11H2,1-4H3,(H,19,24)(H,22,23);(H,6,7). The monoisotopic (exact) mass is 447 g/mol. The van der Waals surface area contributed by atoms with Crippen molar-refractivity contribution in [1.29, 1.82) is 0 Å². The van der Waals surface area contributed by atoms with Crippen molar-refractivity contribution in [1.82, 2.24) is 4.90 Å². The number of likely N-dealkylation sites (N-methyl/N-ethyl adjacent to an activating group) is 1. The van der Waals surface area contributed by atoms with Crippen LogP contribution in [0.2, 0.25) is 0 Å². The summed E-state index contributed by atoms with van der Waals surface area (Å²) in [5, 5.41) is 19.4. The Morgan fingerprint density at radius 1 is 1.00 bits per heavy atom. The number of aliphatic carboxylic acids is 1. The summed E-state index contributed by atoms with van der Waals surface area (Å²) in [5.41, 5.74) is 0.779. The molecule has 0 bridgehead atoms. The van der Waals surface area contributed by atoms with Crippen LogP contribution in [0.5, 0.6) is 0 Å². The van der Waals surface area contributed by atoms with Crippen LogP contribution in [0.4, 0.5) is 24.5 Å². The van der Waals surface area contributed by atoms with Crippen molar-refractivity contribution >= 4 is 29.2 Å². The minimum Gasteiger partial charge on any atom is -0.478 e. The Labute approximate surface area is 178 Å². The number of carboxylic acid groups (broad SMARTS) is 2. The van der Waals surface area contributed by atoms with E-state index in [2.05, 4.69) is 22.2 Å². The second-order valence-corrected chi connectivity index (χ2v) is 8.19. The maximum Gasteiger partial charge on any atom is 0.490 e. The van der Waals surface area contributed by atoms with E-state index in [9.17, 15) is 27.9 Å². The predicted octanol–water partition coefficient (Wildman–Crippen LogP) is 3.14. The van der Waals surface area contributed by atoms with Crippen LogP contribution in [-0.4, -0.2) is 72.4 Å². The van der Waals surface area contributed by atoms with Gasteiger partial charge in [-0.1, -0.05) is 20.8 Å². The van der Waals surface area contributed by atoms with Gasteiger partial charge in [0.25, 0.3) is 0 Å². The molecule has 1 fully saturated rings. The molecular weight excluding hydrogens is 419 g/mol. The number of hydrogen-bond acceptors (Lipinski definition) is 5. The zero-order valence-electron chi connectivity index (χ0n) is 17.9. The molecule has 3 N–H and O–H groups in total. The lowest BCUT2D eigenvalue weighted by atomic mass is 9.95. The number of aromatic carboxylic acids is 1. The highest BCUT2D eigenvalue weighted by molar-refractivity contribution is 6.02. The van der Waals surface area contributed by atoms with E-state index >= 15 is 0 Å². The summed E-state index contributed by atoms with van der Waals surface area (Å²) < 4.78 is 31.7. The van der Waals surface area contributed by atoms with Gasteiger partial charge in [0, 0.05) is 30.7 Å². The molecule has 0 atom stereocenters. The number of anilines is 2. The first-order valence-electron chi connectivity index (χ1n) is 9.55. The Morgan fingerprint density at radius 2 is 1.58 bits per heavy atom. The molecule has 1 aromatic rings. The molecule has 0 unspecified atom stereocenters. The number of amides is 1. The minimum absolute atomic E-state index is 0.128. The number of nitrogens with zero attached hydrogens (tertiary/aromatic N) is 2. The third-order valence-electron chi connectivity index (χ3n) is 4.49. The fourth-order valence-electron chi connectivity index (χ4n) is 2.63. The zero-order valence-corrected chi connectivity index (χ0v) is 17.9. The van der Waals surface area contributed by atoms with Gasteiger partial charge in [0.05, 0.1) is 11.3 Å². The van der Waals surface area contributed by atoms with E-state index in [0.29, 0.717) is 5.69 Å². The summed E-state index contributed by atoms with van der Waals surface area (Å²) in [7, 11) is 2.09. The Balaban J connectivity index is 0.000000592. The van der Waals surface area contributed by atoms with Gasteiger partial charge in [-0.05, 0) is 38.2 Å². The van der Waals surface area contributed by atoms with Crippen LogP contribution in [0.15, 0.2) is 18.2 Å². The average Bonchev–Trinajstić information content (AvgIpc) is 2.85. The van der Waals surface area contributed by atoms with Gasteiger partial charge in [-0.15, -0.1) is 0 Å². The van der Waals surface area contributed by atoms with Crippen molar-refractivity contribution in [3.8, 4) is 0 Å². The van der Waals surface area contributed by atoms with Gasteiger partial charge >= 0.3 is 18.1 Å². The average molecular weight is 447 g/mol. The number of carboxylic acids is 2. The van der Waals surface area contributed by atoms with E-state index in [1.54, 1.807) is 32.9 Å². The number of halogens is 3. The molecule has 11 heteroatoms. The van der Waals surface area contributed by atoms with Gasteiger partial charge in [-0.25, -0.2) is 9.59 Å². The van der Waals surface area contributed by atoms with Gasteiger partial charge in [0.15, 0.2) is 0 Å². The second-order valence-electron chi connectivity index (χ2n) is 8.19. The molecule has 1 aliphatic heterocycles. The highest BCUT2D eigenvalue weighted by Crippen LogP contribution is 2.26. The number of rotatable bonds is 3. The first-order valence-corrected chi connectivity index (χ1v) is 9.55. The minimum atomic E-state index is -5.08. The van der Waals surface area contributed by atoms with Gasteiger partial charge in [0.2, 0.25) is 5.91 Å². The Morgan fingerprint density at radius 3 is 2.06 bits per heavy atom. The third-order valence-corrected chi connectivity index (χ3v) is 4.49. The Bertz CT molecular complexity index is 806. The molecule has 0 spiro atoms. The molecule has 0 radical (unpaired) electrons. The number of hydrogen-bond donors (Lipinski definition) is 3. The molecule has 1 aliphatic rings. The van der Waals surface area contributed by atoms with Crippen LogP contribution in [0, 0.1) is 5.41 Å². The highest BCUT2D eigenvalue weighted by atomic mass is 19.4. The van der Waals surface area contributed by atoms with Crippen LogP contribution >= 0.6 is 0 Å². The number of benzene rings is 1. The molecule has 1 aromatic carbocycles. The lowest BCUT2D eigenvalue weighted by Crippen LogP contribution is -2.30. The molecule has 0 saturated carbocycles. The van der Waals surface area contributed by atoms with Gasteiger partial charge in [-0.3, -0.25) is 4.79 Å². The van der Waals surface area contributed by atoms with Gasteiger partial charge in [0.1, 0.15) is 0 Å². The van der Waals surface area contributed by atoms with Crippen LogP contribution in [-0.2, 0) is 9.59 Å². The second kappa shape index (κ2) is 10.5. The molecule has 31 heavy (non-hydrogen) atoms. The van der Waals surface area contributed by atoms with Crippen LogP contribution in [0.3, 0.4) is 0 Å². The molecule has 174 valence electrons.